The Kier molecular flexibility index (Phi) is 7.88. The minimum absolute atomic E-state index is 0.167. The molecule has 0 fully saturated rings. The second-order valence-electron chi connectivity index (χ2n) is 7.19. The monoisotopic (exact) mass is 453 g/mol. The van der Waals surface area contributed by atoms with Crippen LogP contribution in [0, 0.1) is 6.92 Å². The van der Waals surface area contributed by atoms with E-state index >= 15 is 0 Å². The van der Waals surface area contributed by atoms with Gasteiger partial charge in [-0.25, -0.2) is 0 Å². The highest BCUT2D eigenvalue weighted by Gasteiger charge is 2.20. The van der Waals surface area contributed by atoms with Gasteiger partial charge in [0.2, 0.25) is 5.91 Å². The van der Waals surface area contributed by atoms with Crippen LogP contribution < -0.4 is 15.4 Å². The molecule has 168 valence electrons. The summed E-state index contributed by atoms with van der Waals surface area (Å²) in [4.78, 5) is 25.0. The molecule has 1 aromatic heterocycles. The van der Waals surface area contributed by atoms with Gasteiger partial charge in [-0.1, -0.05) is 41.6 Å². The number of ether oxygens (including phenoxy) is 1. The van der Waals surface area contributed by atoms with E-state index in [4.69, 9.17) is 4.74 Å². The summed E-state index contributed by atoms with van der Waals surface area (Å²) in [6.07, 6.45) is 0. The van der Waals surface area contributed by atoms with Crippen LogP contribution in [-0.4, -0.2) is 39.4 Å². The van der Waals surface area contributed by atoms with E-state index in [2.05, 4.69) is 20.8 Å². The van der Waals surface area contributed by atoms with E-state index < -0.39 is 0 Å². The van der Waals surface area contributed by atoms with Crippen molar-refractivity contribution in [3.05, 3.63) is 65.5 Å². The Labute approximate surface area is 191 Å². The second kappa shape index (κ2) is 10.8. The van der Waals surface area contributed by atoms with Crippen molar-refractivity contribution in [1.29, 1.82) is 0 Å². The standard InChI is InChI=1S/C23H27N5O3S/c1-5-28-21(16(3)24-22(30)17-10-8-9-15(2)13-17)26-27-23(28)32-14-20(29)25-18-11-6-7-12-19(18)31-4/h6-13,16H,5,14H2,1-4H3,(H,24,30)(H,25,29)/t16-/m1/s1. The lowest BCUT2D eigenvalue weighted by Gasteiger charge is -2.15. The molecule has 0 saturated carbocycles. The largest absolute Gasteiger partial charge is 0.495 e. The molecular formula is C23H27N5O3S. The average molecular weight is 454 g/mol. The van der Waals surface area contributed by atoms with Crippen molar-refractivity contribution in [2.24, 2.45) is 0 Å². The molecule has 2 N–H and O–H groups in total. The number of hydrogen-bond donors (Lipinski definition) is 2. The van der Waals surface area contributed by atoms with Crippen LogP contribution >= 0.6 is 11.8 Å². The van der Waals surface area contributed by atoms with Gasteiger partial charge >= 0.3 is 0 Å². The van der Waals surface area contributed by atoms with Crippen LogP contribution in [0.2, 0.25) is 0 Å². The number of carbonyl (C=O) groups is 2. The molecular weight excluding hydrogens is 426 g/mol. The number of aryl methyl sites for hydroxylation is 1. The molecule has 1 heterocycles. The highest BCUT2D eigenvalue weighted by Crippen LogP contribution is 2.25. The maximum absolute atomic E-state index is 12.6. The van der Waals surface area contributed by atoms with Gasteiger partial charge in [-0.15, -0.1) is 10.2 Å². The van der Waals surface area contributed by atoms with E-state index in [0.717, 1.165) is 5.56 Å². The maximum Gasteiger partial charge on any atom is 0.251 e. The predicted molar refractivity (Wildman–Crippen MR) is 125 cm³/mol. The minimum Gasteiger partial charge on any atom is -0.495 e. The number of nitrogens with one attached hydrogen (secondary N) is 2. The Bertz CT molecular complexity index is 1100. The fraction of sp³-hybridized carbons (Fsp3) is 0.304. The van der Waals surface area contributed by atoms with E-state index in [1.54, 1.807) is 25.3 Å². The number of amides is 2. The lowest BCUT2D eigenvalue weighted by molar-refractivity contribution is -0.113. The molecule has 3 rings (SSSR count). The summed E-state index contributed by atoms with van der Waals surface area (Å²) in [5.41, 5.74) is 2.24. The third-order valence-corrected chi connectivity index (χ3v) is 5.76. The number of methoxy groups -OCH3 is 1. The van der Waals surface area contributed by atoms with Crippen molar-refractivity contribution < 1.29 is 14.3 Å². The lowest BCUT2D eigenvalue weighted by atomic mass is 10.1. The van der Waals surface area contributed by atoms with E-state index in [0.29, 0.717) is 34.5 Å². The van der Waals surface area contributed by atoms with Gasteiger partial charge in [-0.05, 0) is 45.0 Å². The Morgan fingerprint density at radius 2 is 1.94 bits per heavy atom. The van der Waals surface area contributed by atoms with Gasteiger partial charge in [-0.3, -0.25) is 9.59 Å². The number of carbonyl (C=O) groups excluding carboxylic acids is 2. The summed E-state index contributed by atoms with van der Waals surface area (Å²) in [6.45, 7) is 6.40. The number of hydrogen-bond acceptors (Lipinski definition) is 6. The zero-order valence-corrected chi connectivity index (χ0v) is 19.4. The molecule has 0 radical (unpaired) electrons. The third kappa shape index (κ3) is 5.67. The number of para-hydroxylation sites is 2. The highest BCUT2D eigenvalue weighted by atomic mass is 32.2. The van der Waals surface area contributed by atoms with Gasteiger partial charge < -0.3 is 19.9 Å². The minimum atomic E-state index is -0.341. The molecule has 0 aliphatic carbocycles. The SMILES string of the molecule is CCn1c(SCC(=O)Nc2ccccc2OC)nnc1[C@@H](C)NC(=O)c1cccc(C)c1. The van der Waals surface area contributed by atoms with Crippen molar-refractivity contribution in [3.8, 4) is 5.75 Å². The normalized spacial score (nSPS) is 11.6. The molecule has 8 nitrogen and oxygen atoms in total. The molecule has 2 amide bonds. The molecule has 0 unspecified atom stereocenters. The van der Waals surface area contributed by atoms with Crippen LogP contribution in [0.5, 0.6) is 5.75 Å². The van der Waals surface area contributed by atoms with Crippen LogP contribution in [0.4, 0.5) is 5.69 Å². The summed E-state index contributed by atoms with van der Waals surface area (Å²) in [5.74, 6) is 1.06. The molecule has 32 heavy (non-hydrogen) atoms. The van der Waals surface area contributed by atoms with E-state index in [1.165, 1.54) is 11.8 Å². The zero-order chi connectivity index (χ0) is 23.1. The summed E-state index contributed by atoms with van der Waals surface area (Å²) in [7, 11) is 1.56. The van der Waals surface area contributed by atoms with Crippen molar-refractivity contribution in [2.45, 2.75) is 38.5 Å². The highest BCUT2D eigenvalue weighted by molar-refractivity contribution is 7.99. The van der Waals surface area contributed by atoms with Gasteiger partial charge in [0.25, 0.3) is 5.91 Å². The van der Waals surface area contributed by atoms with E-state index in [9.17, 15) is 9.59 Å². The molecule has 0 aliphatic heterocycles. The Morgan fingerprint density at radius 3 is 2.66 bits per heavy atom. The van der Waals surface area contributed by atoms with Gasteiger partial charge in [0, 0.05) is 12.1 Å². The second-order valence-corrected chi connectivity index (χ2v) is 8.13. The Hall–Kier alpha value is -3.33. The van der Waals surface area contributed by atoms with Gasteiger partial charge in [0.05, 0.1) is 24.6 Å². The first-order valence-electron chi connectivity index (χ1n) is 10.3. The topological polar surface area (TPSA) is 98.1 Å². The van der Waals surface area contributed by atoms with E-state index in [1.807, 2.05) is 55.7 Å². The number of aromatic nitrogens is 3. The van der Waals surface area contributed by atoms with Crippen LogP contribution in [0.3, 0.4) is 0 Å². The van der Waals surface area contributed by atoms with Crippen molar-refractivity contribution in [1.82, 2.24) is 20.1 Å². The quantitative estimate of drug-likeness (QED) is 0.478. The van der Waals surface area contributed by atoms with Crippen LogP contribution in [-0.2, 0) is 11.3 Å². The number of benzene rings is 2. The smallest absolute Gasteiger partial charge is 0.251 e. The number of thioether (sulfide) groups is 1. The first-order chi connectivity index (χ1) is 15.4. The van der Waals surface area contributed by atoms with Crippen molar-refractivity contribution in [2.75, 3.05) is 18.2 Å². The Balaban J connectivity index is 1.63. The molecule has 2 aromatic carbocycles. The first-order valence-corrected chi connectivity index (χ1v) is 11.3. The van der Waals surface area contributed by atoms with Crippen molar-refractivity contribution in [3.63, 3.8) is 0 Å². The molecule has 1 atom stereocenters. The van der Waals surface area contributed by atoms with Crippen LogP contribution in [0.15, 0.2) is 53.7 Å². The maximum atomic E-state index is 12.6. The molecule has 0 saturated heterocycles. The molecule has 3 aromatic rings. The van der Waals surface area contributed by atoms with Crippen LogP contribution in [0.25, 0.3) is 0 Å². The van der Waals surface area contributed by atoms with Crippen molar-refractivity contribution >= 4 is 29.3 Å². The average Bonchev–Trinajstić information content (AvgIpc) is 3.21. The molecule has 0 spiro atoms. The summed E-state index contributed by atoms with van der Waals surface area (Å²) in [6, 6.07) is 14.3. The zero-order valence-electron chi connectivity index (χ0n) is 18.6. The summed E-state index contributed by atoms with van der Waals surface area (Å²) < 4.78 is 7.17. The fourth-order valence-electron chi connectivity index (χ4n) is 3.22. The molecule has 9 heteroatoms. The summed E-state index contributed by atoms with van der Waals surface area (Å²) in [5, 5.41) is 14.9. The van der Waals surface area contributed by atoms with Gasteiger partial charge in [-0.2, -0.15) is 0 Å². The lowest BCUT2D eigenvalue weighted by Crippen LogP contribution is -2.28. The van der Waals surface area contributed by atoms with Gasteiger partial charge in [0.1, 0.15) is 5.75 Å². The number of rotatable bonds is 9. The summed E-state index contributed by atoms with van der Waals surface area (Å²) >= 11 is 1.29. The third-order valence-electron chi connectivity index (χ3n) is 4.79. The molecule has 0 aliphatic rings. The predicted octanol–water partition coefficient (Wildman–Crippen LogP) is 3.84. The van der Waals surface area contributed by atoms with Crippen LogP contribution in [0.1, 0.15) is 41.6 Å². The molecule has 0 bridgehead atoms. The first kappa shape index (κ1) is 23.3. The van der Waals surface area contributed by atoms with Gasteiger partial charge in [0.15, 0.2) is 11.0 Å². The number of anilines is 1. The number of nitrogens with zero attached hydrogens (tertiary/aromatic N) is 3. The van der Waals surface area contributed by atoms with E-state index in [-0.39, 0.29) is 23.6 Å². The Morgan fingerprint density at radius 1 is 1.16 bits per heavy atom. The fourth-order valence-corrected chi connectivity index (χ4v) is 4.03.